The fraction of sp³-hybridized carbons (Fsp3) is 0.190. The Balaban J connectivity index is 2.18. The van der Waals surface area contributed by atoms with E-state index in [2.05, 4.69) is 0 Å². The van der Waals surface area contributed by atoms with Gasteiger partial charge in [0.05, 0.1) is 5.56 Å². The second kappa shape index (κ2) is 6.75. The number of nitrogens with zero attached hydrogens (tertiary/aromatic N) is 1. The van der Waals surface area contributed by atoms with Gasteiger partial charge in [-0.1, -0.05) is 30.3 Å². The maximum absolute atomic E-state index is 13.6. The fourth-order valence-electron chi connectivity index (χ4n) is 3.43. The van der Waals surface area contributed by atoms with E-state index in [0.29, 0.717) is 23.4 Å². The lowest BCUT2D eigenvalue weighted by Crippen LogP contribution is -2.14. The second-order valence-corrected chi connectivity index (χ2v) is 6.43. The van der Waals surface area contributed by atoms with Crippen molar-refractivity contribution in [1.82, 2.24) is 4.57 Å². The Morgan fingerprint density at radius 1 is 1.00 bits per heavy atom. The van der Waals surface area contributed by atoms with Crippen LogP contribution in [0, 0.1) is 32.4 Å². The Bertz CT molecular complexity index is 1010. The number of rotatable bonds is 4. The summed E-state index contributed by atoms with van der Waals surface area (Å²) in [6, 6.07) is 11.6. The predicted molar refractivity (Wildman–Crippen MR) is 98.1 cm³/mol. The van der Waals surface area contributed by atoms with E-state index in [0.717, 1.165) is 28.5 Å². The van der Waals surface area contributed by atoms with Gasteiger partial charge < -0.3 is 10.3 Å². The first-order valence-electron chi connectivity index (χ1n) is 8.30. The number of hydrogen-bond acceptors (Lipinski definition) is 1. The van der Waals surface area contributed by atoms with Gasteiger partial charge >= 0.3 is 0 Å². The third-order valence-electron chi connectivity index (χ3n) is 4.77. The summed E-state index contributed by atoms with van der Waals surface area (Å²) in [6.07, 6.45) is 0. The van der Waals surface area contributed by atoms with Crippen LogP contribution < -0.4 is 5.73 Å². The highest BCUT2D eigenvalue weighted by atomic mass is 19.2. The topological polar surface area (TPSA) is 48.0 Å². The summed E-state index contributed by atoms with van der Waals surface area (Å²) >= 11 is 0. The van der Waals surface area contributed by atoms with Crippen molar-refractivity contribution in [3.05, 3.63) is 82.2 Å². The van der Waals surface area contributed by atoms with Crippen molar-refractivity contribution in [3.8, 4) is 11.1 Å². The van der Waals surface area contributed by atoms with Gasteiger partial charge in [-0.25, -0.2) is 8.78 Å². The Morgan fingerprint density at radius 2 is 1.69 bits per heavy atom. The summed E-state index contributed by atoms with van der Waals surface area (Å²) < 4.78 is 28.7. The van der Waals surface area contributed by atoms with Crippen LogP contribution in [0.1, 0.15) is 32.9 Å². The first-order chi connectivity index (χ1) is 12.3. The zero-order chi connectivity index (χ0) is 19.0. The lowest BCUT2D eigenvalue weighted by molar-refractivity contribution is 0.1000. The van der Waals surface area contributed by atoms with Crippen LogP contribution in [0.25, 0.3) is 11.1 Å². The minimum atomic E-state index is -0.890. The Labute approximate surface area is 151 Å². The van der Waals surface area contributed by atoms with Crippen molar-refractivity contribution >= 4 is 5.91 Å². The zero-order valence-electron chi connectivity index (χ0n) is 14.9. The largest absolute Gasteiger partial charge is 0.366 e. The number of aromatic nitrogens is 1. The third-order valence-corrected chi connectivity index (χ3v) is 4.77. The molecule has 5 heteroatoms. The molecule has 26 heavy (non-hydrogen) atoms. The molecular formula is C21H20F2N2O. The van der Waals surface area contributed by atoms with E-state index in [4.69, 9.17) is 5.73 Å². The van der Waals surface area contributed by atoms with Gasteiger partial charge in [0.15, 0.2) is 11.6 Å². The van der Waals surface area contributed by atoms with Crippen molar-refractivity contribution < 1.29 is 13.6 Å². The fourth-order valence-corrected chi connectivity index (χ4v) is 3.43. The van der Waals surface area contributed by atoms with Crippen LogP contribution in [0.4, 0.5) is 8.78 Å². The molecule has 3 nitrogen and oxygen atoms in total. The van der Waals surface area contributed by atoms with Crippen LogP contribution in [0.15, 0.2) is 42.5 Å². The van der Waals surface area contributed by atoms with Gasteiger partial charge in [0.25, 0.3) is 5.91 Å². The molecule has 0 aliphatic rings. The van der Waals surface area contributed by atoms with Crippen LogP contribution in [0.5, 0.6) is 0 Å². The molecule has 3 aromatic rings. The van der Waals surface area contributed by atoms with E-state index in [1.807, 2.05) is 49.6 Å². The molecule has 0 aliphatic carbocycles. The predicted octanol–water partition coefficient (Wildman–Crippen LogP) is 4.51. The normalized spacial score (nSPS) is 11.0. The molecule has 2 N–H and O–H groups in total. The first kappa shape index (κ1) is 17.9. The van der Waals surface area contributed by atoms with E-state index in [-0.39, 0.29) is 0 Å². The summed E-state index contributed by atoms with van der Waals surface area (Å²) in [4.78, 5) is 12.1. The molecule has 2 aromatic carbocycles. The number of hydrogen-bond donors (Lipinski definition) is 1. The van der Waals surface area contributed by atoms with Gasteiger partial charge in [-0.2, -0.15) is 0 Å². The summed E-state index contributed by atoms with van der Waals surface area (Å²) in [5.41, 5.74) is 11.0. The second-order valence-electron chi connectivity index (χ2n) is 6.43. The molecule has 1 aromatic heterocycles. The first-order valence-corrected chi connectivity index (χ1v) is 8.30. The minimum absolute atomic E-state index is 0.320. The number of nitrogens with two attached hydrogens (primary N) is 1. The number of amides is 1. The quantitative estimate of drug-likeness (QED) is 0.736. The molecule has 0 fully saturated rings. The van der Waals surface area contributed by atoms with E-state index >= 15 is 0 Å². The Kier molecular flexibility index (Phi) is 4.64. The molecule has 0 radical (unpaired) electrons. The van der Waals surface area contributed by atoms with E-state index in [9.17, 15) is 13.6 Å². The van der Waals surface area contributed by atoms with Gasteiger partial charge in [0.1, 0.15) is 0 Å². The van der Waals surface area contributed by atoms with Crippen molar-refractivity contribution in [2.75, 3.05) is 0 Å². The van der Waals surface area contributed by atoms with Crippen LogP contribution in [-0.2, 0) is 6.54 Å². The van der Waals surface area contributed by atoms with Crippen LogP contribution >= 0.6 is 0 Å². The van der Waals surface area contributed by atoms with E-state index < -0.39 is 17.5 Å². The molecule has 0 aliphatic heterocycles. The Morgan fingerprint density at radius 3 is 2.31 bits per heavy atom. The molecule has 0 unspecified atom stereocenters. The average Bonchev–Trinajstić information content (AvgIpc) is 2.83. The molecule has 0 atom stereocenters. The summed E-state index contributed by atoms with van der Waals surface area (Å²) in [5, 5.41) is 0. The van der Waals surface area contributed by atoms with Gasteiger partial charge in [0, 0.05) is 23.5 Å². The molecule has 1 heterocycles. The smallest absolute Gasteiger partial charge is 0.251 e. The summed E-state index contributed by atoms with van der Waals surface area (Å²) in [5.74, 6) is -2.28. The van der Waals surface area contributed by atoms with Gasteiger partial charge in [0.2, 0.25) is 0 Å². The molecule has 0 bridgehead atoms. The summed E-state index contributed by atoms with van der Waals surface area (Å²) in [6.45, 7) is 6.01. The third kappa shape index (κ3) is 3.01. The monoisotopic (exact) mass is 354 g/mol. The highest BCUT2D eigenvalue weighted by Crippen LogP contribution is 2.34. The van der Waals surface area contributed by atoms with E-state index in [1.165, 1.54) is 12.1 Å². The molecule has 3 rings (SSSR count). The zero-order valence-corrected chi connectivity index (χ0v) is 14.9. The molecular weight excluding hydrogens is 334 g/mol. The maximum Gasteiger partial charge on any atom is 0.251 e. The number of benzene rings is 2. The number of primary amides is 1. The van der Waals surface area contributed by atoms with Gasteiger partial charge in [-0.15, -0.1) is 0 Å². The molecule has 0 saturated carbocycles. The number of halogens is 2. The standard InChI is InChI=1S/C21H20F2N2O/c1-12-6-4-5-7-16(12)19-13(2)25(14(3)20(19)21(24)26)11-15-8-9-17(22)18(23)10-15/h4-10H,11H2,1-3H3,(H2,24,26). The van der Waals surface area contributed by atoms with Gasteiger partial charge in [-0.3, -0.25) is 4.79 Å². The van der Waals surface area contributed by atoms with Crippen LogP contribution in [0.3, 0.4) is 0 Å². The summed E-state index contributed by atoms with van der Waals surface area (Å²) in [7, 11) is 0. The lowest BCUT2D eigenvalue weighted by Gasteiger charge is -2.11. The number of aryl methyl sites for hydroxylation is 1. The highest BCUT2D eigenvalue weighted by molar-refractivity contribution is 6.02. The molecule has 0 saturated heterocycles. The van der Waals surface area contributed by atoms with Crippen LogP contribution in [-0.4, -0.2) is 10.5 Å². The number of carbonyl (C=O) groups excluding carboxylic acids is 1. The van der Waals surface area contributed by atoms with Gasteiger partial charge in [-0.05, 0) is 49.6 Å². The average molecular weight is 354 g/mol. The van der Waals surface area contributed by atoms with Crippen molar-refractivity contribution in [1.29, 1.82) is 0 Å². The Hall–Kier alpha value is -2.95. The maximum atomic E-state index is 13.6. The highest BCUT2D eigenvalue weighted by Gasteiger charge is 2.23. The SMILES string of the molecule is Cc1ccccc1-c1c(C(N)=O)c(C)n(Cc2ccc(F)c(F)c2)c1C. The molecule has 0 spiro atoms. The van der Waals surface area contributed by atoms with Crippen molar-refractivity contribution in [2.24, 2.45) is 5.73 Å². The van der Waals surface area contributed by atoms with E-state index in [1.54, 1.807) is 0 Å². The molecule has 1 amide bonds. The van der Waals surface area contributed by atoms with Crippen molar-refractivity contribution in [3.63, 3.8) is 0 Å². The number of carbonyl (C=O) groups is 1. The molecule has 134 valence electrons. The lowest BCUT2D eigenvalue weighted by atomic mass is 9.96. The van der Waals surface area contributed by atoms with Crippen LogP contribution in [0.2, 0.25) is 0 Å². The minimum Gasteiger partial charge on any atom is -0.366 e. The van der Waals surface area contributed by atoms with Crippen molar-refractivity contribution in [2.45, 2.75) is 27.3 Å².